The number of carbonyl (C=O) groups excluding carboxylic acids is 1. The smallest absolute Gasteiger partial charge is 0.335 e. The molecule has 0 atom stereocenters. The number of benzene rings is 3. The average molecular weight is 459 g/mol. The van der Waals surface area contributed by atoms with Crippen LogP contribution in [0.25, 0.3) is 0 Å². The van der Waals surface area contributed by atoms with E-state index in [1.54, 1.807) is 24.3 Å². The molecule has 1 amide bonds. The first-order valence-electron chi connectivity index (χ1n) is 11.8. The van der Waals surface area contributed by atoms with Gasteiger partial charge in [-0.05, 0) is 67.1 Å². The number of carboxylic acid groups (broad SMARTS) is 1. The normalized spacial score (nSPS) is 13.4. The van der Waals surface area contributed by atoms with Crippen molar-refractivity contribution in [2.24, 2.45) is 0 Å². The number of aromatic carboxylic acids is 1. The number of nitrogens with zero attached hydrogens (tertiary/aromatic N) is 1. The minimum Gasteiger partial charge on any atom is -0.489 e. The molecular weight excluding hydrogens is 428 g/mol. The van der Waals surface area contributed by atoms with Crippen LogP contribution < -0.4 is 15.0 Å². The fourth-order valence-electron chi connectivity index (χ4n) is 4.17. The molecule has 6 nitrogen and oxygen atoms in total. The summed E-state index contributed by atoms with van der Waals surface area (Å²) < 4.78 is 5.98. The lowest BCUT2D eigenvalue weighted by Crippen LogP contribution is -2.33. The summed E-state index contributed by atoms with van der Waals surface area (Å²) in [6.45, 7) is 2.79. The lowest BCUT2D eigenvalue weighted by Gasteiger charge is -2.30. The van der Waals surface area contributed by atoms with Gasteiger partial charge < -0.3 is 20.1 Å². The number of piperidine rings is 1. The van der Waals surface area contributed by atoms with Gasteiger partial charge in [0.25, 0.3) is 5.91 Å². The predicted molar refractivity (Wildman–Crippen MR) is 133 cm³/mol. The maximum atomic E-state index is 13.2. The maximum Gasteiger partial charge on any atom is 0.335 e. The summed E-state index contributed by atoms with van der Waals surface area (Å²) in [5, 5.41) is 12.1. The van der Waals surface area contributed by atoms with E-state index < -0.39 is 5.97 Å². The Bertz CT molecular complexity index is 1110. The van der Waals surface area contributed by atoms with E-state index in [4.69, 9.17) is 9.84 Å². The second-order valence-electron chi connectivity index (χ2n) is 8.51. The number of rotatable bonds is 9. The second-order valence-corrected chi connectivity index (χ2v) is 8.51. The number of nitrogens with one attached hydrogen (secondary N) is 1. The molecule has 1 aliphatic rings. The van der Waals surface area contributed by atoms with Crippen LogP contribution >= 0.6 is 0 Å². The molecule has 0 bridgehead atoms. The van der Waals surface area contributed by atoms with Crippen molar-refractivity contribution in [2.75, 3.05) is 24.5 Å². The van der Waals surface area contributed by atoms with E-state index in [0.29, 0.717) is 30.9 Å². The Hall–Kier alpha value is -3.80. The molecule has 0 spiro atoms. The second kappa shape index (κ2) is 11.4. The summed E-state index contributed by atoms with van der Waals surface area (Å²) in [6.07, 6.45) is 4.09. The van der Waals surface area contributed by atoms with Gasteiger partial charge in [-0.1, -0.05) is 42.5 Å². The standard InChI is InChI=1S/C28H30N2O4/c31-27(29-16-15-21-9-11-23(12-10-21)28(32)33)25-19-24(34-20-22-7-3-1-4-8-22)13-14-26(25)30-17-5-2-6-18-30/h1,3-4,7-14,19H,2,5-6,15-18,20H2,(H,29,31)(H,32,33). The van der Waals surface area contributed by atoms with Gasteiger partial charge in [0.15, 0.2) is 0 Å². The zero-order chi connectivity index (χ0) is 23.8. The first kappa shape index (κ1) is 23.4. The lowest BCUT2D eigenvalue weighted by atomic mass is 10.1. The Labute approximate surface area is 200 Å². The molecule has 1 heterocycles. The molecule has 0 saturated carbocycles. The van der Waals surface area contributed by atoms with E-state index in [0.717, 1.165) is 42.7 Å². The Balaban J connectivity index is 1.44. The number of hydrogen-bond donors (Lipinski definition) is 2. The number of carboxylic acids is 1. The van der Waals surface area contributed by atoms with E-state index in [1.807, 2.05) is 48.5 Å². The first-order valence-corrected chi connectivity index (χ1v) is 11.8. The van der Waals surface area contributed by atoms with Gasteiger partial charge in [-0.2, -0.15) is 0 Å². The van der Waals surface area contributed by atoms with Crippen LogP contribution in [-0.4, -0.2) is 36.6 Å². The Morgan fingerprint density at radius 3 is 2.32 bits per heavy atom. The van der Waals surface area contributed by atoms with Crippen molar-refractivity contribution >= 4 is 17.6 Å². The lowest BCUT2D eigenvalue weighted by molar-refractivity contribution is 0.0696. The van der Waals surface area contributed by atoms with Gasteiger partial charge in [0.2, 0.25) is 0 Å². The van der Waals surface area contributed by atoms with Crippen molar-refractivity contribution < 1.29 is 19.4 Å². The Kier molecular flexibility index (Phi) is 7.81. The maximum absolute atomic E-state index is 13.2. The van der Waals surface area contributed by atoms with E-state index in [9.17, 15) is 9.59 Å². The fraction of sp³-hybridized carbons (Fsp3) is 0.286. The highest BCUT2D eigenvalue weighted by Gasteiger charge is 2.19. The van der Waals surface area contributed by atoms with Crippen molar-refractivity contribution in [3.05, 3.63) is 95.1 Å². The highest BCUT2D eigenvalue weighted by Crippen LogP contribution is 2.28. The van der Waals surface area contributed by atoms with E-state index in [1.165, 1.54) is 6.42 Å². The summed E-state index contributed by atoms with van der Waals surface area (Å²) in [4.78, 5) is 26.5. The third-order valence-corrected chi connectivity index (χ3v) is 6.06. The highest BCUT2D eigenvalue weighted by molar-refractivity contribution is 6.00. The number of amides is 1. The van der Waals surface area contributed by atoms with Gasteiger partial charge in [0.1, 0.15) is 12.4 Å². The zero-order valence-corrected chi connectivity index (χ0v) is 19.2. The van der Waals surface area contributed by atoms with Gasteiger partial charge in [0, 0.05) is 25.3 Å². The molecule has 1 aliphatic heterocycles. The number of carbonyl (C=O) groups is 2. The van der Waals surface area contributed by atoms with Crippen molar-refractivity contribution in [3.8, 4) is 5.75 Å². The van der Waals surface area contributed by atoms with Crippen LogP contribution in [0.15, 0.2) is 72.8 Å². The number of ether oxygens (including phenoxy) is 1. The topological polar surface area (TPSA) is 78.9 Å². The average Bonchev–Trinajstić information content (AvgIpc) is 2.88. The third kappa shape index (κ3) is 6.16. The van der Waals surface area contributed by atoms with E-state index in [2.05, 4.69) is 10.2 Å². The molecule has 0 unspecified atom stereocenters. The molecule has 0 aliphatic carbocycles. The summed E-state index contributed by atoms with van der Waals surface area (Å²) in [5.41, 5.74) is 3.86. The summed E-state index contributed by atoms with van der Waals surface area (Å²) in [5.74, 6) is -0.411. The molecule has 4 rings (SSSR count). The molecule has 0 radical (unpaired) electrons. The van der Waals surface area contributed by atoms with Crippen LogP contribution in [0.3, 0.4) is 0 Å². The third-order valence-electron chi connectivity index (χ3n) is 6.06. The van der Waals surface area contributed by atoms with Crippen molar-refractivity contribution in [1.29, 1.82) is 0 Å². The van der Waals surface area contributed by atoms with E-state index >= 15 is 0 Å². The minimum atomic E-state index is -0.945. The van der Waals surface area contributed by atoms with Gasteiger partial charge >= 0.3 is 5.97 Å². The van der Waals surface area contributed by atoms with Gasteiger partial charge in [-0.3, -0.25) is 4.79 Å². The van der Waals surface area contributed by atoms with Crippen molar-refractivity contribution in [2.45, 2.75) is 32.3 Å². The molecule has 6 heteroatoms. The molecule has 1 fully saturated rings. The molecular formula is C28H30N2O4. The summed E-state index contributed by atoms with van der Waals surface area (Å²) >= 11 is 0. The molecule has 176 valence electrons. The van der Waals surface area contributed by atoms with Gasteiger partial charge in [0.05, 0.1) is 11.1 Å². The molecule has 3 aromatic rings. The zero-order valence-electron chi connectivity index (χ0n) is 19.2. The molecule has 34 heavy (non-hydrogen) atoms. The predicted octanol–water partition coefficient (Wildman–Crippen LogP) is 4.93. The quantitative estimate of drug-likeness (QED) is 0.476. The molecule has 1 saturated heterocycles. The van der Waals surface area contributed by atoms with Crippen LogP contribution in [0.4, 0.5) is 5.69 Å². The van der Waals surface area contributed by atoms with Crippen LogP contribution in [0.1, 0.15) is 51.1 Å². The largest absolute Gasteiger partial charge is 0.489 e. The monoisotopic (exact) mass is 458 g/mol. The Morgan fingerprint density at radius 2 is 1.62 bits per heavy atom. The van der Waals surface area contributed by atoms with Crippen LogP contribution in [0, 0.1) is 0 Å². The number of hydrogen-bond acceptors (Lipinski definition) is 4. The minimum absolute atomic E-state index is 0.132. The van der Waals surface area contributed by atoms with Gasteiger partial charge in [-0.25, -0.2) is 4.79 Å². The first-order chi connectivity index (χ1) is 16.6. The highest BCUT2D eigenvalue weighted by atomic mass is 16.5. The van der Waals surface area contributed by atoms with Gasteiger partial charge in [-0.15, -0.1) is 0 Å². The SMILES string of the molecule is O=C(O)c1ccc(CCNC(=O)c2cc(OCc3ccccc3)ccc2N2CCCCC2)cc1. The van der Waals surface area contributed by atoms with Crippen LogP contribution in [-0.2, 0) is 13.0 Å². The fourth-order valence-corrected chi connectivity index (χ4v) is 4.17. The van der Waals surface area contributed by atoms with Crippen molar-refractivity contribution in [1.82, 2.24) is 5.32 Å². The Morgan fingerprint density at radius 1 is 0.882 bits per heavy atom. The molecule has 2 N–H and O–H groups in total. The molecule has 0 aromatic heterocycles. The number of anilines is 1. The summed E-state index contributed by atoms with van der Waals surface area (Å²) in [7, 11) is 0. The van der Waals surface area contributed by atoms with Crippen LogP contribution in [0.5, 0.6) is 5.75 Å². The molecule has 3 aromatic carbocycles. The van der Waals surface area contributed by atoms with E-state index in [-0.39, 0.29) is 11.5 Å². The van der Waals surface area contributed by atoms with Crippen molar-refractivity contribution in [3.63, 3.8) is 0 Å². The van der Waals surface area contributed by atoms with Crippen LogP contribution in [0.2, 0.25) is 0 Å². The summed E-state index contributed by atoms with van der Waals surface area (Å²) in [6, 6.07) is 22.5.